The van der Waals surface area contributed by atoms with Crippen molar-refractivity contribution >= 4 is 60.5 Å². The zero-order valence-electron chi connectivity index (χ0n) is 9.98. The number of hydrogen-bond acceptors (Lipinski definition) is 1. The molecule has 0 saturated carbocycles. The largest absolute Gasteiger partial charge is 0.376 e. The van der Waals surface area contributed by atoms with Gasteiger partial charge in [-0.3, -0.25) is 0 Å². The molecule has 3 rings (SSSR count). The molecule has 0 fully saturated rings. The fourth-order valence-corrected chi connectivity index (χ4v) is 2.99. The highest BCUT2D eigenvalue weighted by atomic mass is 79.9. The molecule has 2 nitrogen and oxygen atoms in total. The van der Waals surface area contributed by atoms with Crippen LogP contribution in [-0.2, 0) is 0 Å². The number of halogens is 1. The van der Waals surface area contributed by atoms with Crippen LogP contribution in [0.25, 0.3) is 21.5 Å². The number of anilines is 1. The standard InChI is InChI=1S/C15H11BrN2S/c16-14-7-9-5-6-10(18-15(17)19)8-13(9)11-3-1-2-4-12(11)14/h1-8H,(H3,17,18,19). The van der Waals surface area contributed by atoms with Gasteiger partial charge < -0.3 is 11.1 Å². The van der Waals surface area contributed by atoms with Crippen LogP contribution in [0.15, 0.2) is 53.0 Å². The molecular weight excluding hydrogens is 320 g/mol. The van der Waals surface area contributed by atoms with E-state index in [1.807, 2.05) is 18.2 Å². The number of nitrogens with two attached hydrogens (primary N) is 1. The first-order valence-corrected chi connectivity index (χ1v) is 7.03. The average Bonchev–Trinajstić information content (AvgIpc) is 2.39. The molecule has 3 aromatic carbocycles. The quantitative estimate of drug-likeness (QED) is 0.512. The Kier molecular flexibility index (Phi) is 3.12. The summed E-state index contributed by atoms with van der Waals surface area (Å²) in [5, 5.41) is 8.02. The van der Waals surface area contributed by atoms with Gasteiger partial charge in [0.25, 0.3) is 0 Å². The van der Waals surface area contributed by atoms with Crippen LogP contribution in [0.2, 0.25) is 0 Å². The van der Waals surface area contributed by atoms with Crippen LogP contribution >= 0.6 is 28.1 Å². The summed E-state index contributed by atoms with van der Waals surface area (Å²) in [5.74, 6) is 0. The van der Waals surface area contributed by atoms with Crippen molar-refractivity contribution in [2.75, 3.05) is 5.32 Å². The van der Waals surface area contributed by atoms with Gasteiger partial charge in [0.2, 0.25) is 0 Å². The monoisotopic (exact) mass is 330 g/mol. The van der Waals surface area contributed by atoms with Gasteiger partial charge in [-0.1, -0.05) is 46.3 Å². The minimum Gasteiger partial charge on any atom is -0.376 e. The van der Waals surface area contributed by atoms with Gasteiger partial charge in [0.1, 0.15) is 0 Å². The van der Waals surface area contributed by atoms with E-state index in [0.717, 1.165) is 10.2 Å². The van der Waals surface area contributed by atoms with Gasteiger partial charge in [0.15, 0.2) is 5.11 Å². The van der Waals surface area contributed by atoms with Crippen LogP contribution in [0.3, 0.4) is 0 Å². The maximum absolute atomic E-state index is 5.52. The fraction of sp³-hybridized carbons (Fsp3) is 0. The van der Waals surface area contributed by atoms with Crippen LogP contribution in [-0.4, -0.2) is 5.11 Å². The highest BCUT2D eigenvalue weighted by Gasteiger charge is 2.05. The predicted octanol–water partition coefficient (Wildman–Crippen LogP) is 4.41. The van der Waals surface area contributed by atoms with Crippen LogP contribution in [0.4, 0.5) is 5.69 Å². The van der Waals surface area contributed by atoms with Crippen molar-refractivity contribution in [3.63, 3.8) is 0 Å². The lowest BCUT2D eigenvalue weighted by molar-refractivity contribution is 1.64. The number of benzene rings is 3. The molecule has 0 amide bonds. The van der Waals surface area contributed by atoms with Crippen molar-refractivity contribution in [1.82, 2.24) is 0 Å². The number of nitrogens with one attached hydrogen (secondary N) is 1. The molecule has 0 saturated heterocycles. The normalized spacial score (nSPS) is 10.8. The van der Waals surface area contributed by atoms with E-state index in [-0.39, 0.29) is 5.11 Å². The van der Waals surface area contributed by atoms with Crippen molar-refractivity contribution in [1.29, 1.82) is 0 Å². The van der Waals surface area contributed by atoms with E-state index in [0.29, 0.717) is 0 Å². The first-order chi connectivity index (χ1) is 9.15. The molecule has 0 radical (unpaired) electrons. The summed E-state index contributed by atoms with van der Waals surface area (Å²) in [5.41, 5.74) is 6.43. The Morgan fingerprint density at radius 1 is 1.00 bits per heavy atom. The van der Waals surface area contributed by atoms with E-state index in [1.165, 1.54) is 21.5 Å². The van der Waals surface area contributed by atoms with Crippen molar-refractivity contribution < 1.29 is 0 Å². The Balaban J connectivity index is 2.34. The Bertz CT molecular complexity index is 799. The molecule has 94 valence electrons. The van der Waals surface area contributed by atoms with E-state index in [9.17, 15) is 0 Å². The molecule has 0 aliphatic heterocycles. The molecule has 0 unspecified atom stereocenters. The molecule has 0 spiro atoms. The lowest BCUT2D eigenvalue weighted by atomic mass is 10.0. The SMILES string of the molecule is NC(=S)Nc1ccc2cc(Br)c3ccccc3c2c1. The van der Waals surface area contributed by atoms with Crippen LogP contribution in [0.1, 0.15) is 0 Å². The third-order valence-corrected chi connectivity index (χ3v) is 3.84. The minimum atomic E-state index is 0.278. The summed E-state index contributed by atoms with van der Waals surface area (Å²) >= 11 is 8.50. The lowest BCUT2D eigenvalue weighted by Crippen LogP contribution is -2.18. The summed E-state index contributed by atoms with van der Waals surface area (Å²) in [7, 11) is 0. The first kappa shape index (κ1) is 12.4. The molecule has 3 N–H and O–H groups in total. The Morgan fingerprint density at radius 2 is 1.74 bits per heavy atom. The van der Waals surface area contributed by atoms with E-state index in [1.54, 1.807) is 0 Å². The maximum Gasteiger partial charge on any atom is 0.168 e. The van der Waals surface area contributed by atoms with Gasteiger partial charge in [-0.15, -0.1) is 0 Å². The zero-order chi connectivity index (χ0) is 13.4. The fourth-order valence-electron chi connectivity index (χ4n) is 2.28. The van der Waals surface area contributed by atoms with Gasteiger partial charge in [-0.05, 0) is 52.0 Å². The summed E-state index contributed by atoms with van der Waals surface area (Å²) in [6, 6.07) is 16.5. The predicted molar refractivity (Wildman–Crippen MR) is 89.6 cm³/mol. The molecule has 19 heavy (non-hydrogen) atoms. The molecule has 0 bridgehead atoms. The van der Waals surface area contributed by atoms with Crippen molar-refractivity contribution in [2.24, 2.45) is 5.73 Å². The summed E-state index contributed by atoms with van der Waals surface area (Å²) in [4.78, 5) is 0. The topological polar surface area (TPSA) is 38.0 Å². The molecule has 0 aromatic heterocycles. The highest BCUT2D eigenvalue weighted by Crippen LogP contribution is 2.33. The number of thiocarbonyl (C=S) groups is 1. The van der Waals surface area contributed by atoms with Crippen LogP contribution < -0.4 is 11.1 Å². The second-order valence-electron chi connectivity index (χ2n) is 4.33. The van der Waals surface area contributed by atoms with Crippen molar-refractivity contribution in [3.8, 4) is 0 Å². The maximum atomic E-state index is 5.52. The van der Waals surface area contributed by atoms with Gasteiger partial charge in [-0.2, -0.15) is 0 Å². The van der Waals surface area contributed by atoms with Gasteiger partial charge in [-0.25, -0.2) is 0 Å². The van der Waals surface area contributed by atoms with Crippen LogP contribution in [0.5, 0.6) is 0 Å². The van der Waals surface area contributed by atoms with E-state index < -0.39 is 0 Å². The summed E-state index contributed by atoms with van der Waals surface area (Å²) in [6.45, 7) is 0. The van der Waals surface area contributed by atoms with Gasteiger partial charge in [0, 0.05) is 10.2 Å². The van der Waals surface area contributed by atoms with E-state index in [2.05, 4.69) is 51.6 Å². The zero-order valence-corrected chi connectivity index (χ0v) is 12.4. The van der Waals surface area contributed by atoms with Crippen molar-refractivity contribution in [2.45, 2.75) is 0 Å². The summed E-state index contributed by atoms with van der Waals surface area (Å²) < 4.78 is 1.10. The number of hydrogen-bond donors (Lipinski definition) is 2. The number of fused-ring (bicyclic) bond motifs is 3. The third-order valence-electron chi connectivity index (χ3n) is 3.08. The molecule has 0 heterocycles. The second kappa shape index (κ2) is 4.79. The first-order valence-electron chi connectivity index (χ1n) is 5.82. The molecule has 0 aliphatic carbocycles. The van der Waals surface area contributed by atoms with E-state index >= 15 is 0 Å². The third kappa shape index (κ3) is 2.29. The summed E-state index contributed by atoms with van der Waals surface area (Å²) in [6.07, 6.45) is 0. The molecule has 0 aliphatic rings. The second-order valence-corrected chi connectivity index (χ2v) is 5.62. The van der Waals surface area contributed by atoms with Crippen LogP contribution in [0, 0.1) is 0 Å². The van der Waals surface area contributed by atoms with Gasteiger partial charge in [0.05, 0.1) is 0 Å². The Labute approximate surface area is 124 Å². The lowest BCUT2D eigenvalue weighted by Gasteiger charge is -2.09. The molecular formula is C15H11BrN2S. The van der Waals surface area contributed by atoms with E-state index in [4.69, 9.17) is 18.0 Å². The Morgan fingerprint density at radius 3 is 2.47 bits per heavy atom. The van der Waals surface area contributed by atoms with Crippen molar-refractivity contribution in [3.05, 3.63) is 53.0 Å². The number of rotatable bonds is 1. The van der Waals surface area contributed by atoms with Gasteiger partial charge >= 0.3 is 0 Å². The Hall–Kier alpha value is -1.65. The smallest absolute Gasteiger partial charge is 0.168 e. The molecule has 4 heteroatoms. The minimum absolute atomic E-state index is 0.278. The highest BCUT2D eigenvalue weighted by molar-refractivity contribution is 9.10. The average molecular weight is 331 g/mol. The molecule has 0 atom stereocenters. The molecule has 3 aromatic rings.